The van der Waals surface area contributed by atoms with Gasteiger partial charge in [-0.15, -0.1) is 11.6 Å². The number of hydrogen-bond donors (Lipinski definition) is 3. The molecule has 0 radical (unpaired) electrons. The van der Waals surface area contributed by atoms with Crippen LogP contribution >= 0.6 is 11.6 Å². The van der Waals surface area contributed by atoms with Gasteiger partial charge in [0, 0.05) is 12.5 Å². The summed E-state index contributed by atoms with van der Waals surface area (Å²) in [6, 6.07) is 7.86. The number of alkyl halides is 1. The molecule has 1 unspecified atom stereocenters. The summed E-state index contributed by atoms with van der Waals surface area (Å²) in [6.07, 6.45) is -0.762. The van der Waals surface area contributed by atoms with E-state index in [0.717, 1.165) is 5.56 Å². The summed E-state index contributed by atoms with van der Waals surface area (Å²) in [4.78, 5) is 25.5. The molecule has 2 amide bonds. The fourth-order valence-corrected chi connectivity index (χ4v) is 4.39. The number of nitrogens with zero attached hydrogens (tertiary/aromatic N) is 1. The van der Waals surface area contributed by atoms with E-state index in [1.165, 1.54) is 0 Å². The van der Waals surface area contributed by atoms with Crippen LogP contribution in [0.5, 0.6) is 0 Å². The van der Waals surface area contributed by atoms with E-state index in [1.807, 2.05) is 51.1 Å². The maximum absolute atomic E-state index is 13.4. The maximum atomic E-state index is 13.4. The molecule has 1 aliphatic heterocycles. The van der Waals surface area contributed by atoms with E-state index < -0.39 is 35.5 Å². The number of rotatable bonds is 5. The van der Waals surface area contributed by atoms with Crippen molar-refractivity contribution >= 4 is 23.4 Å². The summed E-state index contributed by atoms with van der Waals surface area (Å²) in [5.74, 6) is -1.08. The Balaban J connectivity index is 2.33. The van der Waals surface area contributed by atoms with Crippen molar-refractivity contribution in [1.82, 2.24) is 0 Å². The molecular weight excluding hydrogens is 354 g/mol. The molecule has 0 aliphatic carbocycles. The second-order valence-corrected chi connectivity index (χ2v) is 8.73. The Morgan fingerprint density at radius 2 is 1.88 bits per heavy atom. The standard InChI is InChI=1S/C19H28ClN3O3/c1-19(2,3)23(11-13(20)10-15(23)17(22)25)18(26)16(24)14(21)9-12-7-5-4-6-8-12/h4-8,13-16,24H,9-11,21H2,1-3H3,(H-,22,25)/p+1/t13-,14-,15-,16-,23?/m0/s1. The largest absolute Gasteiger partial charge is 0.378 e. The molecular formula is C19H29ClN3O3+. The van der Waals surface area contributed by atoms with Gasteiger partial charge in [-0.25, -0.2) is 9.28 Å². The summed E-state index contributed by atoms with van der Waals surface area (Å²) in [5.41, 5.74) is 12.0. The molecule has 0 spiro atoms. The average Bonchev–Trinajstić information content (AvgIpc) is 2.93. The van der Waals surface area contributed by atoms with Gasteiger partial charge in [0.05, 0.1) is 10.9 Å². The minimum Gasteiger partial charge on any atom is -0.378 e. The minimum atomic E-state index is -1.42. The first-order valence-corrected chi connectivity index (χ1v) is 9.27. The van der Waals surface area contributed by atoms with E-state index in [4.69, 9.17) is 23.1 Å². The Kier molecular flexibility index (Phi) is 6.13. The van der Waals surface area contributed by atoms with Gasteiger partial charge in [0.25, 0.3) is 5.91 Å². The number of aliphatic hydroxyl groups is 1. The number of carbonyl (C=O) groups is 2. The second-order valence-electron chi connectivity index (χ2n) is 8.11. The SMILES string of the molecule is CC(C)(C)[N+]1(C(=O)[C@@H](O)[C@@H](N)Cc2ccccc2)C[C@@H](Cl)C[C@H]1C(N)=O. The van der Waals surface area contributed by atoms with E-state index in [1.54, 1.807) is 0 Å². The van der Waals surface area contributed by atoms with E-state index in [-0.39, 0.29) is 16.4 Å². The third-order valence-electron chi connectivity index (χ3n) is 5.39. The third-order valence-corrected chi connectivity index (χ3v) is 5.70. The van der Waals surface area contributed by atoms with E-state index in [2.05, 4.69) is 0 Å². The third kappa shape index (κ3) is 3.78. The van der Waals surface area contributed by atoms with Gasteiger partial charge in [0.15, 0.2) is 12.1 Å². The summed E-state index contributed by atoms with van der Waals surface area (Å²) in [7, 11) is 0. The van der Waals surface area contributed by atoms with Crippen molar-refractivity contribution in [3.05, 3.63) is 35.9 Å². The molecule has 0 saturated carbocycles. The molecule has 5 N–H and O–H groups in total. The Labute approximate surface area is 159 Å². The van der Waals surface area contributed by atoms with Gasteiger partial charge in [-0.3, -0.25) is 4.79 Å². The van der Waals surface area contributed by atoms with Gasteiger partial charge in [0.2, 0.25) is 0 Å². The van der Waals surface area contributed by atoms with Gasteiger partial charge in [-0.2, -0.15) is 0 Å². The van der Waals surface area contributed by atoms with Crippen LogP contribution in [0.2, 0.25) is 0 Å². The van der Waals surface area contributed by atoms with E-state index >= 15 is 0 Å². The lowest BCUT2D eigenvalue weighted by molar-refractivity contribution is -0.904. The normalized spacial score (nSPS) is 28.5. The zero-order valence-corrected chi connectivity index (χ0v) is 16.3. The smallest absolute Gasteiger partial charge is 0.345 e. The highest BCUT2D eigenvalue weighted by atomic mass is 35.5. The average molecular weight is 383 g/mol. The Morgan fingerprint density at radius 3 is 2.38 bits per heavy atom. The van der Waals surface area contributed by atoms with Gasteiger partial charge in [0.1, 0.15) is 6.54 Å². The van der Waals surface area contributed by atoms with Crippen LogP contribution in [0.1, 0.15) is 32.8 Å². The number of amides is 2. The van der Waals surface area contributed by atoms with Crippen LogP contribution in [0.3, 0.4) is 0 Å². The fourth-order valence-electron chi connectivity index (χ4n) is 4.00. The molecule has 2 rings (SSSR count). The molecule has 1 aromatic rings. The molecule has 6 nitrogen and oxygen atoms in total. The van der Waals surface area contributed by atoms with Crippen molar-refractivity contribution in [2.45, 2.75) is 62.7 Å². The molecule has 1 heterocycles. The number of hydrogen-bond acceptors (Lipinski definition) is 4. The highest BCUT2D eigenvalue weighted by molar-refractivity contribution is 6.21. The first-order chi connectivity index (χ1) is 12.0. The van der Waals surface area contributed by atoms with Crippen LogP contribution in [0, 0.1) is 0 Å². The lowest BCUT2D eigenvalue weighted by Crippen LogP contribution is -2.72. The maximum Gasteiger partial charge on any atom is 0.345 e. The number of nitrogens with two attached hydrogens (primary N) is 2. The molecule has 1 aliphatic rings. The quantitative estimate of drug-likeness (QED) is 0.520. The second kappa shape index (κ2) is 7.64. The van der Waals surface area contributed by atoms with Gasteiger partial charge < -0.3 is 16.6 Å². The van der Waals surface area contributed by atoms with Crippen LogP contribution < -0.4 is 11.5 Å². The van der Waals surface area contributed by atoms with Crippen LogP contribution in [-0.2, 0) is 16.0 Å². The first kappa shape index (κ1) is 20.8. The molecule has 5 atom stereocenters. The van der Waals surface area contributed by atoms with Crippen molar-refractivity contribution < 1.29 is 19.2 Å². The number of primary amides is 1. The van der Waals surface area contributed by atoms with Crippen molar-refractivity contribution in [3.63, 3.8) is 0 Å². The van der Waals surface area contributed by atoms with Crippen LogP contribution in [0.4, 0.5) is 0 Å². The number of halogens is 1. The molecule has 1 saturated heterocycles. The molecule has 144 valence electrons. The number of carbonyl (C=O) groups excluding carboxylic acids is 2. The Hall–Kier alpha value is -1.47. The Morgan fingerprint density at radius 1 is 1.31 bits per heavy atom. The molecule has 7 heteroatoms. The number of aliphatic hydroxyl groups excluding tert-OH is 1. The Bertz CT molecular complexity index is 662. The van der Waals surface area contributed by atoms with Gasteiger partial charge in [-0.05, 0) is 32.8 Å². The van der Waals surface area contributed by atoms with Crippen molar-refractivity contribution in [2.75, 3.05) is 6.54 Å². The number of quaternary nitrogens is 1. The zero-order chi connectivity index (χ0) is 19.7. The molecule has 1 fully saturated rings. The highest BCUT2D eigenvalue weighted by Crippen LogP contribution is 2.40. The number of benzene rings is 1. The monoisotopic (exact) mass is 382 g/mol. The first-order valence-electron chi connectivity index (χ1n) is 8.84. The van der Waals surface area contributed by atoms with Gasteiger partial charge in [-0.1, -0.05) is 30.3 Å². The van der Waals surface area contributed by atoms with Crippen LogP contribution in [0.15, 0.2) is 30.3 Å². The van der Waals surface area contributed by atoms with Crippen LogP contribution in [-0.4, -0.2) is 57.1 Å². The summed E-state index contributed by atoms with van der Waals surface area (Å²) < 4.78 is -0.278. The lowest BCUT2D eigenvalue weighted by atomic mass is 9.93. The fraction of sp³-hybridized carbons (Fsp3) is 0.579. The van der Waals surface area contributed by atoms with Crippen molar-refractivity contribution in [1.29, 1.82) is 0 Å². The summed E-state index contributed by atoms with van der Waals surface area (Å²) >= 11 is 6.31. The molecule has 1 aromatic carbocycles. The van der Waals surface area contributed by atoms with E-state index in [0.29, 0.717) is 12.8 Å². The van der Waals surface area contributed by atoms with Gasteiger partial charge >= 0.3 is 5.91 Å². The summed E-state index contributed by atoms with van der Waals surface area (Å²) in [6.45, 7) is 5.80. The minimum absolute atomic E-state index is 0.243. The topological polar surface area (TPSA) is 106 Å². The lowest BCUT2D eigenvalue weighted by Gasteiger charge is -2.47. The predicted molar refractivity (Wildman–Crippen MR) is 101 cm³/mol. The molecule has 0 bridgehead atoms. The summed E-state index contributed by atoms with van der Waals surface area (Å²) in [5, 5.41) is 10.4. The highest BCUT2D eigenvalue weighted by Gasteiger charge is 2.62. The van der Waals surface area contributed by atoms with Crippen molar-refractivity contribution in [2.24, 2.45) is 11.5 Å². The predicted octanol–water partition coefficient (Wildman–Crippen LogP) is 0.924. The molecule has 26 heavy (non-hydrogen) atoms. The van der Waals surface area contributed by atoms with E-state index in [9.17, 15) is 14.7 Å². The van der Waals surface area contributed by atoms with Crippen molar-refractivity contribution in [3.8, 4) is 0 Å². The number of likely N-dealkylation sites (tertiary alicyclic amines) is 1. The molecule has 0 aromatic heterocycles. The zero-order valence-electron chi connectivity index (χ0n) is 15.6. The van der Waals surface area contributed by atoms with Crippen LogP contribution in [0.25, 0.3) is 0 Å².